The fraction of sp³-hybridized carbons (Fsp3) is 0.714. The highest BCUT2D eigenvalue weighted by molar-refractivity contribution is 6.36. The predicted octanol–water partition coefficient (Wildman–Crippen LogP) is 4.26. The molecule has 168 valence electrons. The van der Waals surface area contributed by atoms with Gasteiger partial charge < -0.3 is 15.1 Å². The van der Waals surface area contributed by atoms with Crippen LogP contribution in [0, 0.1) is 17.8 Å². The zero-order chi connectivity index (χ0) is 22.2. The number of amides is 1. The summed E-state index contributed by atoms with van der Waals surface area (Å²) in [6, 6.07) is -0.125. The van der Waals surface area contributed by atoms with Crippen LogP contribution in [-0.4, -0.2) is 51.1 Å². The van der Waals surface area contributed by atoms with Gasteiger partial charge in [0, 0.05) is 24.3 Å². The molecule has 3 rings (SSSR count). The van der Waals surface area contributed by atoms with Gasteiger partial charge in [-0.25, -0.2) is 8.78 Å². The molecule has 1 aliphatic heterocycles. The van der Waals surface area contributed by atoms with Crippen LogP contribution in [0.4, 0.5) is 8.78 Å². The highest BCUT2D eigenvalue weighted by atomic mass is 35.5. The molecule has 0 radical (unpaired) electrons. The number of pyridine rings is 1. The van der Waals surface area contributed by atoms with Crippen LogP contribution in [0.2, 0.25) is 10.0 Å². The Labute approximate surface area is 185 Å². The zero-order valence-corrected chi connectivity index (χ0v) is 18.6. The summed E-state index contributed by atoms with van der Waals surface area (Å²) >= 11 is 12.6. The van der Waals surface area contributed by atoms with Crippen molar-refractivity contribution in [2.24, 2.45) is 17.8 Å². The number of fused-ring (bicyclic) bond motifs is 1. The van der Waals surface area contributed by atoms with E-state index >= 15 is 0 Å². The Hall–Kier alpha value is -1.02. The second-order valence-electron chi connectivity index (χ2n) is 8.50. The van der Waals surface area contributed by atoms with Gasteiger partial charge in [-0.2, -0.15) is 0 Å². The molecule has 2 N–H and O–H groups in total. The summed E-state index contributed by atoms with van der Waals surface area (Å²) in [6.07, 6.45) is -1.09. The highest BCUT2D eigenvalue weighted by Gasteiger charge is 2.46. The molecule has 0 bridgehead atoms. The summed E-state index contributed by atoms with van der Waals surface area (Å²) in [6.45, 7) is 3.92. The maximum Gasteiger partial charge on any atom is 0.264 e. The molecule has 1 amide bonds. The molecule has 0 spiro atoms. The van der Waals surface area contributed by atoms with Gasteiger partial charge >= 0.3 is 0 Å². The summed E-state index contributed by atoms with van der Waals surface area (Å²) < 4.78 is 26.2. The minimum absolute atomic E-state index is 0.0169. The van der Waals surface area contributed by atoms with Crippen molar-refractivity contribution in [3.63, 3.8) is 0 Å². The number of rotatable bonds is 5. The van der Waals surface area contributed by atoms with E-state index in [1.54, 1.807) is 4.90 Å². The Balaban J connectivity index is 1.76. The first kappa shape index (κ1) is 23.6. The van der Waals surface area contributed by atoms with Crippen molar-refractivity contribution >= 4 is 29.1 Å². The number of aliphatic hydroxyl groups excluding tert-OH is 2. The molecule has 1 saturated heterocycles. The summed E-state index contributed by atoms with van der Waals surface area (Å²) in [4.78, 5) is 18.9. The average Bonchev–Trinajstić information content (AvgIpc) is 2.70. The van der Waals surface area contributed by atoms with E-state index in [2.05, 4.69) is 4.98 Å². The molecular formula is C21H28Cl2F2N2O3. The van der Waals surface area contributed by atoms with Crippen molar-refractivity contribution in [1.82, 2.24) is 9.88 Å². The fourth-order valence-electron chi connectivity index (χ4n) is 5.27. The van der Waals surface area contributed by atoms with Crippen molar-refractivity contribution in [2.75, 3.05) is 6.54 Å². The lowest BCUT2D eigenvalue weighted by atomic mass is 9.64. The average molecular weight is 465 g/mol. The number of nitrogens with zero attached hydrogens (tertiary/aromatic N) is 2. The lowest BCUT2D eigenvalue weighted by Gasteiger charge is -2.50. The van der Waals surface area contributed by atoms with E-state index in [-0.39, 0.29) is 45.9 Å². The number of likely N-dealkylation sites (tertiary alicyclic amines) is 1. The summed E-state index contributed by atoms with van der Waals surface area (Å²) in [7, 11) is 0. The highest BCUT2D eigenvalue weighted by Crippen LogP contribution is 2.45. The largest absolute Gasteiger partial charge is 0.387 e. The Morgan fingerprint density at radius 3 is 2.60 bits per heavy atom. The van der Waals surface area contributed by atoms with Crippen LogP contribution in [0.3, 0.4) is 0 Å². The Morgan fingerprint density at radius 2 is 1.97 bits per heavy atom. The third kappa shape index (κ3) is 4.59. The van der Waals surface area contributed by atoms with Crippen molar-refractivity contribution in [1.29, 1.82) is 0 Å². The maximum atomic E-state index is 13.1. The molecule has 1 aromatic rings. The van der Waals surface area contributed by atoms with E-state index in [1.165, 1.54) is 13.1 Å². The predicted molar refractivity (Wildman–Crippen MR) is 111 cm³/mol. The van der Waals surface area contributed by atoms with Gasteiger partial charge in [-0.05, 0) is 50.9 Å². The number of carbonyl (C=O) groups is 1. The number of halogens is 4. The summed E-state index contributed by atoms with van der Waals surface area (Å²) in [5.41, 5.74) is 0.699. The van der Waals surface area contributed by atoms with Gasteiger partial charge in [0.2, 0.25) is 5.91 Å². The van der Waals surface area contributed by atoms with Gasteiger partial charge in [-0.15, -0.1) is 0 Å². The summed E-state index contributed by atoms with van der Waals surface area (Å²) in [5.74, 6) is -0.520. The van der Waals surface area contributed by atoms with Gasteiger partial charge in [-0.3, -0.25) is 9.78 Å². The van der Waals surface area contributed by atoms with Crippen LogP contribution in [0.1, 0.15) is 56.9 Å². The third-order valence-electron chi connectivity index (χ3n) is 6.83. The Morgan fingerprint density at radius 1 is 1.27 bits per heavy atom. The monoisotopic (exact) mass is 464 g/mol. The van der Waals surface area contributed by atoms with E-state index in [0.717, 1.165) is 12.8 Å². The molecule has 1 aliphatic carbocycles. The first-order chi connectivity index (χ1) is 14.1. The molecular weight excluding hydrogens is 437 g/mol. The maximum absolute atomic E-state index is 13.1. The standard InChI is InChI=1S/C21H28Cl2F2N2O3/c1-10-12-4-3-5-14(20(30)21(24)25)13(12)6-7-27(10)17(29)8-15-16(22)9-26-19(11(2)28)18(15)23/h9-14,20-21,28,30H,3-8H2,1-2H3/t10-,11?,12+,13+,14+,20-/m0/s1. The van der Waals surface area contributed by atoms with Crippen LogP contribution in [0.15, 0.2) is 6.20 Å². The van der Waals surface area contributed by atoms with Crippen LogP contribution in [0.25, 0.3) is 0 Å². The number of hydrogen-bond donors (Lipinski definition) is 2. The lowest BCUT2D eigenvalue weighted by molar-refractivity contribution is -0.141. The molecule has 2 aliphatic rings. The minimum Gasteiger partial charge on any atom is -0.387 e. The second-order valence-corrected chi connectivity index (χ2v) is 9.29. The van der Waals surface area contributed by atoms with E-state index < -0.39 is 24.6 Å². The van der Waals surface area contributed by atoms with E-state index in [0.29, 0.717) is 24.9 Å². The van der Waals surface area contributed by atoms with Gasteiger partial charge in [0.15, 0.2) is 0 Å². The Bertz CT molecular complexity index is 781. The normalized spacial score (nSPS) is 28.9. The SMILES string of the molecule is CC(O)c1ncc(Cl)c(CC(=O)N2CC[C@H]3[C@H]([C@H](O)C(F)F)CCC[C@@H]3[C@@H]2C)c1Cl. The topological polar surface area (TPSA) is 73.7 Å². The number of alkyl halides is 2. The minimum atomic E-state index is -2.75. The van der Waals surface area contributed by atoms with Crippen LogP contribution in [0.5, 0.6) is 0 Å². The van der Waals surface area contributed by atoms with Crippen LogP contribution >= 0.6 is 23.2 Å². The molecule has 30 heavy (non-hydrogen) atoms. The van der Waals surface area contributed by atoms with Crippen molar-refractivity contribution < 1.29 is 23.8 Å². The molecule has 9 heteroatoms. The molecule has 2 fully saturated rings. The second kappa shape index (κ2) is 9.63. The number of aliphatic hydroxyl groups is 2. The first-order valence-electron chi connectivity index (χ1n) is 10.4. The number of aromatic nitrogens is 1. The van der Waals surface area contributed by atoms with Crippen LogP contribution < -0.4 is 0 Å². The number of hydrogen-bond acceptors (Lipinski definition) is 4. The zero-order valence-electron chi connectivity index (χ0n) is 17.1. The molecule has 6 atom stereocenters. The molecule has 1 aromatic heterocycles. The Kier molecular flexibility index (Phi) is 7.59. The quantitative estimate of drug-likeness (QED) is 0.682. The van der Waals surface area contributed by atoms with E-state index in [1.807, 2.05) is 6.92 Å². The molecule has 1 saturated carbocycles. The number of piperidine rings is 1. The first-order valence-corrected chi connectivity index (χ1v) is 11.2. The van der Waals surface area contributed by atoms with Crippen molar-refractivity contribution in [3.05, 3.63) is 27.5 Å². The summed E-state index contributed by atoms with van der Waals surface area (Å²) in [5, 5.41) is 20.3. The number of carbonyl (C=O) groups excluding carboxylic acids is 1. The van der Waals surface area contributed by atoms with Gasteiger partial charge in [0.05, 0.1) is 28.3 Å². The molecule has 2 heterocycles. The van der Waals surface area contributed by atoms with Gasteiger partial charge in [-0.1, -0.05) is 29.6 Å². The fourth-order valence-corrected chi connectivity index (χ4v) is 5.91. The molecule has 5 nitrogen and oxygen atoms in total. The lowest BCUT2D eigenvalue weighted by Crippen LogP contribution is -2.55. The molecule has 0 aromatic carbocycles. The van der Waals surface area contributed by atoms with Gasteiger partial charge in [0.1, 0.15) is 6.10 Å². The van der Waals surface area contributed by atoms with Gasteiger partial charge in [0.25, 0.3) is 6.43 Å². The molecule has 1 unspecified atom stereocenters. The van der Waals surface area contributed by atoms with Crippen molar-refractivity contribution in [2.45, 2.75) is 70.6 Å². The van der Waals surface area contributed by atoms with E-state index in [4.69, 9.17) is 23.2 Å². The van der Waals surface area contributed by atoms with Crippen LogP contribution in [-0.2, 0) is 11.2 Å². The smallest absolute Gasteiger partial charge is 0.264 e. The third-order valence-corrected chi connectivity index (χ3v) is 7.57. The van der Waals surface area contributed by atoms with Crippen molar-refractivity contribution in [3.8, 4) is 0 Å². The van der Waals surface area contributed by atoms with E-state index in [9.17, 15) is 23.8 Å².